The van der Waals surface area contributed by atoms with Crippen LogP contribution in [0.15, 0.2) is 18.2 Å². The molecule has 0 spiro atoms. The number of aryl methyl sites for hydroxylation is 1. The summed E-state index contributed by atoms with van der Waals surface area (Å²) >= 11 is 0. The molecule has 1 atom stereocenters. The van der Waals surface area contributed by atoms with Gasteiger partial charge in [-0.25, -0.2) is 0 Å². The Morgan fingerprint density at radius 2 is 2.19 bits per heavy atom. The van der Waals surface area contributed by atoms with Crippen molar-refractivity contribution in [3.05, 3.63) is 23.8 Å². The molecular weight excluding hydrogens is 200 g/mol. The Hall–Kier alpha value is -1.22. The Kier molecular flexibility index (Phi) is 3.34. The summed E-state index contributed by atoms with van der Waals surface area (Å²) in [5.41, 5.74) is 6.72. The molecule has 1 aromatic carbocycles. The molecular formula is C13H20N2O. The van der Waals surface area contributed by atoms with Gasteiger partial charge in [0.25, 0.3) is 0 Å². The lowest BCUT2D eigenvalue weighted by Crippen LogP contribution is -2.41. The molecule has 3 heteroatoms. The zero-order valence-electron chi connectivity index (χ0n) is 10.3. The van der Waals surface area contributed by atoms with E-state index in [1.165, 1.54) is 11.3 Å². The van der Waals surface area contributed by atoms with E-state index in [0.717, 1.165) is 25.1 Å². The number of hydrogen-bond acceptors (Lipinski definition) is 3. The number of nitrogens with one attached hydrogen (secondary N) is 1. The summed E-state index contributed by atoms with van der Waals surface area (Å²) < 4.78 is 0. The molecule has 0 amide bonds. The van der Waals surface area contributed by atoms with E-state index in [9.17, 15) is 0 Å². The van der Waals surface area contributed by atoms with Gasteiger partial charge >= 0.3 is 0 Å². The Labute approximate surface area is 97.4 Å². The first kappa shape index (κ1) is 11.3. The van der Waals surface area contributed by atoms with Crippen LogP contribution in [0.5, 0.6) is 0 Å². The molecule has 1 N–H and O–H groups in total. The zero-order chi connectivity index (χ0) is 11.5. The van der Waals surface area contributed by atoms with Crippen LogP contribution >= 0.6 is 0 Å². The van der Waals surface area contributed by atoms with Crippen LogP contribution in [-0.2, 0) is 11.3 Å². The van der Waals surface area contributed by atoms with Crippen molar-refractivity contribution < 1.29 is 4.84 Å². The van der Waals surface area contributed by atoms with Gasteiger partial charge in [0, 0.05) is 6.54 Å². The first-order chi connectivity index (χ1) is 7.76. The molecule has 0 bridgehead atoms. The topological polar surface area (TPSA) is 24.5 Å². The molecule has 1 heterocycles. The van der Waals surface area contributed by atoms with Crippen molar-refractivity contribution in [2.75, 3.05) is 16.9 Å². The molecule has 2 rings (SSSR count). The quantitative estimate of drug-likeness (QED) is 0.846. The van der Waals surface area contributed by atoms with Crippen LogP contribution in [0.25, 0.3) is 0 Å². The van der Waals surface area contributed by atoms with E-state index >= 15 is 0 Å². The molecule has 0 radical (unpaired) electrons. The van der Waals surface area contributed by atoms with E-state index in [0.29, 0.717) is 0 Å². The Morgan fingerprint density at radius 1 is 1.38 bits per heavy atom. The minimum absolute atomic E-state index is 0.0968. The smallest absolute Gasteiger partial charge is 0.154 e. The van der Waals surface area contributed by atoms with Gasteiger partial charge in [0.05, 0.1) is 11.4 Å². The predicted octanol–water partition coefficient (Wildman–Crippen LogP) is 3.17. The summed E-state index contributed by atoms with van der Waals surface area (Å²) in [5.74, 6) is 0. The third-order valence-corrected chi connectivity index (χ3v) is 3.02. The number of hydrogen-bond donors (Lipinski definition) is 1. The second kappa shape index (κ2) is 4.74. The second-order valence-corrected chi connectivity index (χ2v) is 4.22. The first-order valence-electron chi connectivity index (χ1n) is 6.07. The lowest BCUT2D eigenvalue weighted by atomic mass is 10.1. The van der Waals surface area contributed by atoms with Crippen molar-refractivity contribution in [2.45, 2.75) is 39.8 Å². The third kappa shape index (κ3) is 2.00. The summed E-state index contributed by atoms with van der Waals surface area (Å²) in [6.07, 6.45) is 2.30. The molecule has 88 valence electrons. The predicted molar refractivity (Wildman–Crippen MR) is 67.6 cm³/mol. The zero-order valence-corrected chi connectivity index (χ0v) is 10.3. The molecule has 0 saturated heterocycles. The van der Waals surface area contributed by atoms with Gasteiger partial charge in [0.15, 0.2) is 6.23 Å². The van der Waals surface area contributed by atoms with Crippen LogP contribution < -0.4 is 10.4 Å². The second-order valence-electron chi connectivity index (χ2n) is 4.22. The number of anilines is 2. The summed E-state index contributed by atoms with van der Waals surface area (Å²) in [6.45, 7) is 7.48. The van der Waals surface area contributed by atoms with Crippen LogP contribution in [-0.4, -0.2) is 12.8 Å². The number of benzene rings is 1. The number of fused-ring (bicyclic) bond motifs is 1. The molecule has 0 fully saturated rings. The highest BCUT2D eigenvalue weighted by atomic mass is 16.7. The Morgan fingerprint density at radius 3 is 2.88 bits per heavy atom. The van der Waals surface area contributed by atoms with Gasteiger partial charge in [-0.05, 0) is 37.5 Å². The first-order valence-corrected chi connectivity index (χ1v) is 6.07. The summed E-state index contributed by atoms with van der Waals surface area (Å²) in [7, 11) is 0. The van der Waals surface area contributed by atoms with E-state index in [1.807, 2.05) is 0 Å². The van der Waals surface area contributed by atoms with Gasteiger partial charge in [-0.2, -0.15) is 0 Å². The molecule has 1 aliphatic heterocycles. The van der Waals surface area contributed by atoms with Crippen molar-refractivity contribution in [3.8, 4) is 0 Å². The van der Waals surface area contributed by atoms with Gasteiger partial charge in [0.1, 0.15) is 0 Å². The normalized spacial score (nSPS) is 19.2. The van der Waals surface area contributed by atoms with Gasteiger partial charge in [0.2, 0.25) is 0 Å². The summed E-state index contributed by atoms with van der Waals surface area (Å²) in [5, 5.41) is 0. The van der Waals surface area contributed by atoms with Crippen LogP contribution in [0.4, 0.5) is 11.4 Å². The average molecular weight is 220 g/mol. The molecule has 0 aromatic heterocycles. The minimum Gasteiger partial charge on any atom is -0.343 e. The Bertz CT molecular complexity index is 365. The van der Waals surface area contributed by atoms with Crippen molar-refractivity contribution in [1.29, 1.82) is 0 Å². The highest BCUT2D eigenvalue weighted by molar-refractivity contribution is 5.71. The molecule has 1 aliphatic rings. The van der Waals surface area contributed by atoms with Crippen LogP contribution in [0.2, 0.25) is 0 Å². The van der Waals surface area contributed by atoms with E-state index in [-0.39, 0.29) is 6.23 Å². The summed E-state index contributed by atoms with van der Waals surface area (Å²) in [4.78, 5) is 7.83. The lowest BCUT2D eigenvalue weighted by Gasteiger charge is -2.36. The highest BCUT2D eigenvalue weighted by Crippen LogP contribution is 2.33. The fourth-order valence-electron chi connectivity index (χ4n) is 2.07. The van der Waals surface area contributed by atoms with E-state index < -0.39 is 0 Å². The van der Waals surface area contributed by atoms with E-state index in [1.54, 1.807) is 0 Å². The average Bonchev–Trinajstić information content (AvgIpc) is 2.32. The summed E-state index contributed by atoms with van der Waals surface area (Å²) in [6, 6.07) is 6.51. The maximum Gasteiger partial charge on any atom is 0.154 e. The van der Waals surface area contributed by atoms with Crippen LogP contribution in [0.1, 0.15) is 32.8 Å². The lowest BCUT2D eigenvalue weighted by molar-refractivity contribution is 0.103. The molecule has 16 heavy (non-hydrogen) atoms. The SMILES string of the molecule is CCCN1c2cc(CC)ccc2NOC1C. The van der Waals surface area contributed by atoms with Gasteiger partial charge in [-0.15, -0.1) is 0 Å². The standard InChI is InChI=1S/C13H20N2O/c1-4-8-15-10(3)16-14-12-7-6-11(5-2)9-13(12)15/h6-7,9-10,14H,4-5,8H2,1-3H3. The van der Waals surface area contributed by atoms with Crippen molar-refractivity contribution in [2.24, 2.45) is 0 Å². The number of nitrogens with zero attached hydrogens (tertiary/aromatic N) is 1. The minimum atomic E-state index is 0.0968. The van der Waals surface area contributed by atoms with Crippen molar-refractivity contribution in [3.63, 3.8) is 0 Å². The molecule has 1 aromatic rings. The monoisotopic (exact) mass is 220 g/mol. The van der Waals surface area contributed by atoms with Crippen molar-refractivity contribution >= 4 is 11.4 Å². The maximum absolute atomic E-state index is 5.52. The van der Waals surface area contributed by atoms with Crippen LogP contribution in [0.3, 0.4) is 0 Å². The van der Waals surface area contributed by atoms with E-state index in [2.05, 4.69) is 49.4 Å². The van der Waals surface area contributed by atoms with Crippen LogP contribution in [0, 0.1) is 0 Å². The molecule has 0 saturated carbocycles. The maximum atomic E-state index is 5.52. The molecule has 3 nitrogen and oxygen atoms in total. The molecule has 1 unspecified atom stereocenters. The third-order valence-electron chi connectivity index (χ3n) is 3.02. The Balaban J connectivity index is 2.35. The molecule has 0 aliphatic carbocycles. The fraction of sp³-hybridized carbons (Fsp3) is 0.538. The van der Waals surface area contributed by atoms with Crippen molar-refractivity contribution in [1.82, 2.24) is 0 Å². The van der Waals surface area contributed by atoms with Gasteiger partial charge in [-0.1, -0.05) is 19.9 Å². The van der Waals surface area contributed by atoms with Gasteiger partial charge in [-0.3, -0.25) is 10.3 Å². The van der Waals surface area contributed by atoms with E-state index in [4.69, 9.17) is 4.84 Å². The largest absolute Gasteiger partial charge is 0.343 e. The fourth-order valence-corrected chi connectivity index (χ4v) is 2.07. The number of rotatable bonds is 3. The highest BCUT2D eigenvalue weighted by Gasteiger charge is 2.22. The van der Waals surface area contributed by atoms with Gasteiger partial charge < -0.3 is 4.90 Å².